The van der Waals surface area contributed by atoms with Gasteiger partial charge in [-0.05, 0) is 61.8 Å². The number of carbonyl (C=O) groups is 3. The first-order valence-electron chi connectivity index (χ1n) is 13.0. The fourth-order valence-corrected chi connectivity index (χ4v) is 4.51. The maximum absolute atomic E-state index is 13.5. The Labute approximate surface area is 220 Å². The van der Waals surface area contributed by atoms with Crippen LogP contribution in [0.2, 0.25) is 0 Å². The summed E-state index contributed by atoms with van der Waals surface area (Å²) < 4.78 is 16.8. The third kappa shape index (κ3) is 6.90. The lowest BCUT2D eigenvalue weighted by atomic mass is 9.84. The number of hydrogen-bond donors (Lipinski definition) is 0. The van der Waals surface area contributed by atoms with E-state index in [1.807, 2.05) is 55.5 Å². The van der Waals surface area contributed by atoms with Crippen molar-refractivity contribution >= 4 is 17.7 Å². The monoisotopic (exact) mass is 509 g/mol. The Kier molecular flexibility index (Phi) is 9.73. The minimum Gasteiger partial charge on any atom is -0.493 e. The van der Waals surface area contributed by atoms with E-state index in [0.29, 0.717) is 43.7 Å². The molecule has 1 saturated heterocycles. The molecule has 2 aromatic rings. The second-order valence-corrected chi connectivity index (χ2v) is 10.1. The van der Waals surface area contributed by atoms with Gasteiger partial charge in [-0.3, -0.25) is 9.59 Å². The maximum atomic E-state index is 13.5. The van der Waals surface area contributed by atoms with Gasteiger partial charge in [0.25, 0.3) is 5.91 Å². The van der Waals surface area contributed by atoms with Crippen molar-refractivity contribution in [1.29, 1.82) is 0 Å². The molecule has 0 N–H and O–H groups in total. The fourth-order valence-electron chi connectivity index (χ4n) is 4.51. The highest BCUT2D eigenvalue weighted by Gasteiger charge is 2.41. The SMILES string of the molecule is CCC(C)(C)C(=O)C(=O)N1CCCC[C@H]1C(=O)O[C@H](CCc1ccc(OC)c(OC)c1)c1ccccc1. The van der Waals surface area contributed by atoms with E-state index in [4.69, 9.17) is 14.2 Å². The molecule has 200 valence electrons. The van der Waals surface area contributed by atoms with E-state index in [9.17, 15) is 14.4 Å². The molecule has 0 aliphatic carbocycles. The third-order valence-electron chi connectivity index (χ3n) is 7.30. The molecule has 1 aliphatic heterocycles. The van der Waals surface area contributed by atoms with Gasteiger partial charge in [0.2, 0.25) is 5.78 Å². The Morgan fingerprint density at radius 3 is 2.35 bits per heavy atom. The van der Waals surface area contributed by atoms with Gasteiger partial charge in [-0.2, -0.15) is 0 Å². The van der Waals surface area contributed by atoms with Crippen molar-refractivity contribution in [2.75, 3.05) is 20.8 Å². The van der Waals surface area contributed by atoms with Gasteiger partial charge in [-0.25, -0.2) is 4.79 Å². The number of Topliss-reactive ketones (excluding diaryl/α,β-unsaturated/α-hetero) is 1. The Morgan fingerprint density at radius 1 is 1.00 bits per heavy atom. The van der Waals surface area contributed by atoms with Crippen LogP contribution in [0.25, 0.3) is 0 Å². The van der Waals surface area contributed by atoms with Crippen LogP contribution in [0.5, 0.6) is 11.5 Å². The quantitative estimate of drug-likeness (QED) is 0.302. The number of piperidine rings is 1. The van der Waals surface area contributed by atoms with Gasteiger partial charge < -0.3 is 19.1 Å². The molecule has 7 heteroatoms. The van der Waals surface area contributed by atoms with Gasteiger partial charge >= 0.3 is 5.97 Å². The summed E-state index contributed by atoms with van der Waals surface area (Å²) in [5.74, 6) is -0.210. The molecule has 1 fully saturated rings. The second-order valence-electron chi connectivity index (χ2n) is 10.1. The maximum Gasteiger partial charge on any atom is 0.329 e. The van der Waals surface area contributed by atoms with E-state index < -0.39 is 35.2 Å². The number of hydrogen-bond acceptors (Lipinski definition) is 6. The first-order valence-corrected chi connectivity index (χ1v) is 13.0. The number of methoxy groups -OCH3 is 2. The Hall–Kier alpha value is -3.35. The number of likely N-dealkylation sites (tertiary alicyclic amines) is 1. The number of benzene rings is 2. The largest absolute Gasteiger partial charge is 0.493 e. The molecular formula is C30H39NO6. The van der Waals surface area contributed by atoms with Gasteiger partial charge in [0, 0.05) is 12.0 Å². The van der Waals surface area contributed by atoms with Gasteiger partial charge in [-0.15, -0.1) is 0 Å². The van der Waals surface area contributed by atoms with Gasteiger partial charge in [0.1, 0.15) is 12.1 Å². The highest BCUT2D eigenvalue weighted by Crippen LogP contribution is 2.31. The molecule has 1 aliphatic rings. The molecule has 1 amide bonds. The van der Waals surface area contributed by atoms with Gasteiger partial charge in [-0.1, -0.05) is 57.2 Å². The zero-order valence-electron chi connectivity index (χ0n) is 22.6. The van der Waals surface area contributed by atoms with E-state index in [0.717, 1.165) is 24.0 Å². The minimum absolute atomic E-state index is 0.381. The number of amides is 1. The summed E-state index contributed by atoms with van der Waals surface area (Å²) in [5, 5.41) is 0. The van der Waals surface area contributed by atoms with Crippen molar-refractivity contribution in [2.24, 2.45) is 5.41 Å². The second kappa shape index (κ2) is 12.7. The first kappa shape index (κ1) is 28.2. The molecule has 7 nitrogen and oxygen atoms in total. The number of ketones is 1. The topological polar surface area (TPSA) is 82.1 Å². The molecule has 0 bridgehead atoms. The lowest BCUT2D eigenvalue weighted by molar-refractivity contribution is -0.164. The third-order valence-corrected chi connectivity index (χ3v) is 7.30. The lowest BCUT2D eigenvalue weighted by Gasteiger charge is -2.36. The van der Waals surface area contributed by atoms with Crippen LogP contribution < -0.4 is 9.47 Å². The van der Waals surface area contributed by atoms with Crippen molar-refractivity contribution in [3.8, 4) is 11.5 Å². The lowest BCUT2D eigenvalue weighted by Crippen LogP contribution is -2.53. The molecule has 1 heterocycles. The zero-order chi connectivity index (χ0) is 27.0. The van der Waals surface area contributed by atoms with Crippen LogP contribution in [0.4, 0.5) is 0 Å². The number of nitrogens with zero attached hydrogens (tertiary/aromatic N) is 1. The first-order chi connectivity index (χ1) is 17.7. The summed E-state index contributed by atoms with van der Waals surface area (Å²) in [6.07, 6.45) is 3.29. The van der Waals surface area contributed by atoms with Crippen LogP contribution in [0.3, 0.4) is 0 Å². The normalized spacial score (nSPS) is 16.6. The van der Waals surface area contributed by atoms with Crippen molar-refractivity contribution < 1.29 is 28.6 Å². The Balaban J connectivity index is 1.78. The van der Waals surface area contributed by atoms with Crippen molar-refractivity contribution in [3.63, 3.8) is 0 Å². The summed E-state index contributed by atoms with van der Waals surface area (Å²) in [4.78, 5) is 40.9. The molecule has 0 spiro atoms. The molecule has 0 aromatic heterocycles. The Morgan fingerprint density at radius 2 is 1.70 bits per heavy atom. The van der Waals surface area contributed by atoms with E-state index in [1.165, 1.54) is 4.90 Å². The molecular weight excluding hydrogens is 470 g/mol. The smallest absolute Gasteiger partial charge is 0.329 e. The number of esters is 1. The molecule has 0 saturated carbocycles. The molecule has 37 heavy (non-hydrogen) atoms. The summed E-state index contributed by atoms with van der Waals surface area (Å²) in [6.45, 7) is 5.80. The Bertz CT molecular complexity index is 1080. The summed E-state index contributed by atoms with van der Waals surface area (Å²) >= 11 is 0. The van der Waals surface area contributed by atoms with Crippen LogP contribution in [0.15, 0.2) is 48.5 Å². The van der Waals surface area contributed by atoms with E-state index in [2.05, 4.69) is 0 Å². The highest BCUT2D eigenvalue weighted by molar-refractivity contribution is 6.38. The van der Waals surface area contributed by atoms with E-state index in [-0.39, 0.29) is 0 Å². The van der Waals surface area contributed by atoms with Crippen molar-refractivity contribution in [1.82, 2.24) is 4.90 Å². The van der Waals surface area contributed by atoms with Crippen LogP contribution in [-0.2, 0) is 25.5 Å². The molecule has 3 rings (SSSR count). The van der Waals surface area contributed by atoms with Crippen LogP contribution in [0.1, 0.15) is 70.1 Å². The number of aryl methyl sites for hydroxylation is 1. The van der Waals surface area contributed by atoms with Gasteiger partial charge in [0.05, 0.1) is 14.2 Å². The van der Waals surface area contributed by atoms with Gasteiger partial charge in [0.15, 0.2) is 11.5 Å². The predicted octanol–water partition coefficient (Wildman–Crippen LogP) is 5.31. The van der Waals surface area contributed by atoms with Crippen molar-refractivity contribution in [2.45, 2.75) is 71.4 Å². The van der Waals surface area contributed by atoms with Crippen LogP contribution in [0, 0.1) is 5.41 Å². The predicted molar refractivity (Wildman–Crippen MR) is 142 cm³/mol. The van der Waals surface area contributed by atoms with Crippen LogP contribution in [-0.4, -0.2) is 49.4 Å². The summed E-state index contributed by atoms with van der Waals surface area (Å²) in [6, 6.07) is 14.6. The molecule has 2 atom stereocenters. The molecule has 0 radical (unpaired) electrons. The molecule has 0 unspecified atom stereocenters. The number of carbonyl (C=O) groups excluding carboxylic acids is 3. The average Bonchev–Trinajstić information content (AvgIpc) is 2.94. The van der Waals surface area contributed by atoms with E-state index >= 15 is 0 Å². The van der Waals surface area contributed by atoms with Crippen LogP contribution >= 0.6 is 0 Å². The standard InChI is InChI=1S/C30H39NO6/c1-6-30(2,3)27(32)28(33)31-19-11-10-14-23(31)29(34)37-24(22-12-8-7-9-13-22)17-15-21-16-18-25(35-4)26(20-21)36-5/h7-9,12-13,16,18,20,23-24H,6,10-11,14-15,17,19H2,1-5H3/t23-,24+/m0/s1. The fraction of sp³-hybridized carbons (Fsp3) is 0.500. The van der Waals surface area contributed by atoms with E-state index in [1.54, 1.807) is 28.1 Å². The highest BCUT2D eigenvalue weighted by atomic mass is 16.5. The average molecular weight is 510 g/mol. The number of rotatable bonds is 11. The zero-order valence-corrected chi connectivity index (χ0v) is 22.6. The number of ether oxygens (including phenoxy) is 3. The molecule has 2 aromatic carbocycles. The van der Waals surface area contributed by atoms with Crippen molar-refractivity contribution in [3.05, 3.63) is 59.7 Å². The minimum atomic E-state index is -0.769. The summed E-state index contributed by atoms with van der Waals surface area (Å²) in [5.41, 5.74) is 1.14. The summed E-state index contributed by atoms with van der Waals surface area (Å²) in [7, 11) is 3.19.